The maximum Gasteiger partial charge on any atom is 0.344 e. The number of nitrogens with one attached hydrogen (secondary N) is 1. The Morgan fingerprint density at radius 3 is 2.36 bits per heavy atom. The Labute approximate surface area is 190 Å². The first-order valence-corrected chi connectivity index (χ1v) is 10.9. The smallest absolute Gasteiger partial charge is 0.344 e. The van der Waals surface area contributed by atoms with E-state index in [1.807, 2.05) is 68.4 Å². The van der Waals surface area contributed by atoms with Crippen molar-refractivity contribution in [2.24, 2.45) is 0 Å². The van der Waals surface area contributed by atoms with Gasteiger partial charge in [0.15, 0.2) is 6.10 Å². The van der Waals surface area contributed by atoms with E-state index in [9.17, 15) is 9.59 Å². The van der Waals surface area contributed by atoms with Crippen LogP contribution in [0.4, 0.5) is 5.69 Å². The van der Waals surface area contributed by atoms with Crippen LogP contribution < -0.4 is 20.4 Å². The molecule has 0 unspecified atom stereocenters. The Bertz CT molecular complexity index is 1360. The van der Waals surface area contributed by atoms with Crippen LogP contribution in [-0.4, -0.2) is 18.1 Å². The van der Waals surface area contributed by atoms with Gasteiger partial charge in [0.1, 0.15) is 17.1 Å². The average molecular weight is 441 g/mol. The van der Waals surface area contributed by atoms with Gasteiger partial charge in [0.2, 0.25) is 0 Å². The number of amides is 1. The summed E-state index contributed by atoms with van der Waals surface area (Å²) in [5, 5.41) is 3.56. The molecule has 0 aliphatic carbocycles. The molecule has 0 fully saturated rings. The van der Waals surface area contributed by atoms with Crippen molar-refractivity contribution in [2.75, 3.05) is 5.32 Å². The molecule has 1 amide bonds. The maximum absolute atomic E-state index is 13.3. The van der Waals surface area contributed by atoms with Gasteiger partial charge in [-0.1, -0.05) is 42.5 Å². The van der Waals surface area contributed by atoms with E-state index < -0.39 is 17.6 Å². The van der Waals surface area contributed by atoms with Crippen molar-refractivity contribution in [2.45, 2.75) is 32.0 Å². The SMILES string of the molecule is CC(C)Oc1ccc([C@H]2c3c(c4ccccc4oc3=O)O[C@H]2C(=O)Nc2ccccc2)cc1. The minimum absolute atomic E-state index is 0.0363. The Hall–Kier alpha value is -4.06. The fourth-order valence-electron chi connectivity index (χ4n) is 4.18. The molecule has 1 aromatic heterocycles. The number of carbonyl (C=O) groups excluding carboxylic acids is 1. The van der Waals surface area contributed by atoms with Crippen molar-refractivity contribution in [3.05, 3.63) is 100 Å². The molecule has 3 aromatic carbocycles. The molecule has 33 heavy (non-hydrogen) atoms. The van der Waals surface area contributed by atoms with Gasteiger partial charge in [-0.25, -0.2) is 4.79 Å². The van der Waals surface area contributed by atoms with Crippen LogP contribution in [0.5, 0.6) is 11.5 Å². The second-order valence-corrected chi connectivity index (χ2v) is 8.24. The highest BCUT2D eigenvalue weighted by molar-refractivity contribution is 5.97. The molecule has 1 aliphatic heterocycles. The summed E-state index contributed by atoms with van der Waals surface area (Å²) in [6.45, 7) is 3.91. The summed E-state index contributed by atoms with van der Waals surface area (Å²) in [7, 11) is 0. The van der Waals surface area contributed by atoms with Crippen LogP contribution in [-0.2, 0) is 4.79 Å². The molecule has 0 radical (unpaired) electrons. The van der Waals surface area contributed by atoms with E-state index in [-0.39, 0.29) is 12.0 Å². The Kier molecular flexibility index (Phi) is 5.34. The number of para-hydroxylation sites is 2. The lowest BCUT2D eigenvalue weighted by atomic mass is 9.88. The van der Waals surface area contributed by atoms with Gasteiger partial charge in [0.25, 0.3) is 5.91 Å². The first-order valence-electron chi connectivity index (χ1n) is 10.9. The molecule has 6 heteroatoms. The number of hydrogen-bond acceptors (Lipinski definition) is 5. The minimum Gasteiger partial charge on any atom is -0.491 e. The topological polar surface area (TPSA) is 77.8 Å². The van der Waals surface area contributed by atoms with Crippen molar-refractivity contribution in [1.82, 2.24) is 0 Å². The summed E-state index contributed by atoms with van der Waals surface area (Å²) < 4.78 is 17.5. The van der Waals surface area contributed by atoms with Crippen molar-refractivity contribution >= 4 is 22.6 Å². The lowest BCUT2D eigenvalue weighted by Crippen LogP contribution is -2.35. The van der Waals surface area contributed by atoms with Gasteiger partial charge >= 0.3 is 5.63 Å². The number of anilines is 1. The van der Waals surface area contributed by atoms with Crippen molar-refractivity contribution in [3.63, 3.8) is 0 Å². The van der Waals surface area contributed by atoms with Gasteiger partial charge < -0.3 is 19.2 Å². The second-order valence-electron chi connectivity index (χ2n) is 8.24. The van der Waals surface area contributed by atoms with Gasteiger partial charge in [-0.3, -0.25) is 4.79 Å². The van der Waals surface area contributed by atoms with E-state index in [2.05, 4.69) is 5.32 Å². The molecule has 0 saturated heterocycles. The highest BCUT2D eigenvalue weighted by Gasteiger charge is 2.44. The second kappa shape index (κ2) is 8.47. The quantitative estimate of drug-likeness (QED) is 0.436. The Balaban J connectivity index is 1.60. The summed E-state index contributed by atoms with van der Waals surface area (Å²) in [6.07, 6.45) is -0.903. The van der Waals surface area contributed by atoms with Crippen molar-refractivity contribution in [3.8, 4) is 11.5 Å². The number of fused-ring (bicyclic) bond motifs is 3. The van der Waals surface area contributed by atoms with Crippen LogP contribution in [0.2, 0.25) is 0 Å². The van der Waals surface area contributed by atoms with E-state index in [0.717, 1.165) is 5.56 Å². The zero-order valence-corrected chi connectivity index (χ0v) is 18.3. The van der Waals surface area contributed by atoms with Crippen molar-refractivity contribution in [1.29, 1.82) is 0 Å². The lowest BCUT2D eigenvalue weighted by molar-refractivity contribution is -0.122. The van der Waals surface area contributed by atoms with Gasteiger partial charge in [0.05, 0.1) is 23.0 Å². The molecule has 0 spiro atoms. The van der Waals surface area contributed by atoms with E-state index in [0.29, 0.717) is 33.7 Å². The monoisotopic (exact) mass is 441 g/mol. The third-order valence-electron chi connectivity index (χ3n) is 5.57. The van der Waals surface area contributed by atoms with Crippen LogP contribution in [0.3, 0.4) is 0 Å². The van der Waals surface area contributed by atoms with Crippen LogP contribution >= 0.6 is 0 Å². The van der Waals surface area contributed by atoms with E-state index >= 15 is 0 Å². The predicted octanol–water partition coefficient (Wildman–Crippen LogP) is 5.11. The third kappa shape index (κ3) is 3.96. The van der Waals surface area contributed by atoms with Gasteiger partial charge in [-0.2, -0.15) is 0 Å². The Morgan fingerprint density at radius 2 is 1.64 bits per heavy atom. The van der Waals surface area contributed by atoms with Gasteiger partial charge in [-0.05, 0) is 55.8 Å². The van der Waals surface area contributed by atoms with Crippen LogP contribution in [0.25, 0.3) is 11.0 Å². The lowest BCUT2D eigenvalue weighted by Gasteiger charge is -2.19. The number of rotatable bonds is 5. The van der Waals surface area contributed by atoms with Gasteiger partial charge in [-0.15, -0.1) is 0 Å². The summed E-state index contributed by atoms with van der Waals surface area (Å²) in [5.74, 6) is 0.136. The summed E-state index contributed by atoms with van der Waals surface area (Å²) >= 11 is 0. The molecule has 2 atom stereocenters. The molecular weight excluding hydrogens is 418 g/mol. The predicted molar refractivity (Wildman–Crippen MR) is 126 cm³/mol. The van der Waals surface area contributed by atoms with Crippen LogP contribution in [0.1, 0.15) is 30.9 Å². The normalized spacial score (nSPS) is 16.9. The van der Waals surface area contributed by atoms with E-state index in [4.69, 9.17) is 13.9 Å². The molecule has 0 saturated carbocycles. The molecular formula is C27H23NO5. The fraction of sp³-hybridized carbons (Fsp3) is 0.185. The average Bonchev–Trinajstić information content (AvgIpc) is 3.22. The maximum atomic E-state index is 13.3. The molecule has 0 bridgehead atoms. The zero-order chi connectivity index (χ0) is 22.9. The minimum atomic E-state index is -0.939. The van der Waals surface area contributed by atoms with E-state index in [1.54, 1.807) is 24.3 Å². The number of hydrogen-bond donors (Lipinski definition) is 1. The Morgan fingerprint density at radius 1 is 0.939 bits per heavy atom. The molecule has 4 aromatic rings. The summed E-state index contributed by atoms with van der Waals surface area (Å²) in [6, 6.07) is 23.7. The highest BCUT2D eigenvalue weighted by Crippen LogP contribution is 2.44. The summed E-state index contributed by atoms with van der Waals surface area (Å²) in [4.78, 5) is 26.4. The molecule has 166 valence electrons. The fourth-order valence-corrected chi connectivity index (χ4v) is 4.18. The molecule has 1 N–H and O–H groups in total. The van der Waals surface area contributed by atoms with Crippen molar-refractivity contribution < 1.29 is 18.7 Å². The van der Waals surface area contributed by atoms with Crippen LogP contribution in [0, 0.1) is 0 Å². The summed E-state index contributed by atoms with van der Waals surface area (Å²) in [5.41, 5.74) is 1.68. The number of benzene rings is 3. The highest BCUT2D eigenvalue weighted by atomic mass is 16.5. The standard InChI is InChI=1S/C27H23NO5/c1-16(2)31-19-14-12-17(13-15-19)22-23-24(20-10-6-7-11-21(20)32-27(23)30)33-25(22)26(29)28-18-8-4-3-5-9-18/h3-16,22,25H,1-2H3,(H,28,29)/t22-,25+/m0/s1. The molecule has 2 heterocycles. The largest absolute Gasteiger partial charge is 0.491 e. The zero-order valence-electron chi connectivity index (χ0n) is 18.3. The first-order chi connectivity index (χ1) is 16.0. The number of ether oxygens (including phenoxy) is 2. The molecule has 6 nitrogen and oxygen atoms in total. The molecule has 5 rings (SSSR count). The third-order valence-corrected chi connectivity index (χ3v) is 5.57. The van der Waals surface area contributed by atoms with Crippen LogP contribution in [0.15, 0.2) is 88.1 Å². The van der Waals surface area contributed by atoms with Gasteiger partial charge in [0, 0.05) is 5.69 Å². The number of carbonyl (C=O) groups is 1. The first kappa shape index (κ1) is 20.8. The molecule has 1 aliphatic rings. The van der Waals surface area contributed by atoms with E-state index in [1.165, 1.54) is 0 Å².